The standard InChI is InChI=1S/C9H15N3O2S/c1-9(2)5-7(9)6-11-15(13,14)8-3-4-10-12-8/h3-4,7,11H,5-6H2,1-2H3,(H,10,12). The Hall–Kier alpha value is -0.880. The average molecular weight is 229 g/mol. The maximum absolute atomic E-state index is 11.7. The van der Waals surface area contributed by atoms with Crippen LogP contribution in [-0.4, -0.2) is 25.2 Å². The van der Waals surface area contributed by atoms with E-state index in [0.717, 1.165) is 6.42 Å². The second kappa shape index (κ2) is 3.31. The Balaban J connectivity index is 1.95. The Bertz CT molecular complexity index is 436. The second-order valence-corrected chi connectivity index (χ2v) is 6.40. The molecule has 0 aliphatic heterocycles. The minimum atomic E-state index is -3.39. The highest BCUT2D eigenvalue weighted by Gasteiger charge is 2.45. The molecule has 1 aromatic heterocycles. The number of H-pyrrole nitrogens is 1. The fourth-order valence-corrected chi connectivity index (χ4v) is 2.59. The van der Waals surface area contributed by atoms with Gasteiger partial charge in [-0.1, -0.05) is 13.8 Å². The van der Waals surface area contributed by atoms with Crippen LogP contribution in [0.5, 0.6) is 0 Å². The van der Waals surface area contributed by atoms with Gasteiger partial charge in [0.2, 0.25) is 0 Å². The highest BCUT2D eigenvalue weighted by molar-refractivity contribution is 7.89. The van der Waals surface area contributed by atoms with Gasteiger partial charge in [0.15, 0.2) is 5.03 Å². The predicted molar refractivity (Wildman–Crippen MR) is 55.7 cm³/mol. The minimum Gasteiger partial charge on any atom is -0.266 e. The summed E-state index contributed by atoms with van der Waals surface area (Å²) in [6, 6.07) is 1.44. The van der Waals surface area contributed by atoms with E-state index in [4.69, 9.17) is 0 Å². The van der Waals surface area contributed by atoms with Crippen LogP contribution in [0.1, 0.15) is 20.3 Å². The topological polar surface area (TPSA) is 74.8 Å². The molecule has 84 valence electrons. The Morgan fingerprint density at radius 1 is 1.67 bits per heavy atom. The van der Waals surface area contributed by atoms with Gasteiger partial charge in [-0.25, -0.2) is 13.1 Å². The van der Waals surface area contributed by atoms with Crippen LogP contribution < -0.4 is 4.72 Å². The van der Waals surface area contributed by atoms with Crippen LogP contribution in [0.15, 0.2) is 17.3 Å². The van der Waals surface area contributed by atoms with E-state index in [0.29, 0.717) is 12.5 Å². The van der Waals surface area contributed by atoms with Crippen molar-refractivity contribution in [2.75, 3.05) is 6.54 Å². The van der Waals surface area contributed by atoms with Crippen LogP contribution in [0.4, 0.5) is 0 Å². The van der Waals surface area contributed by atoms with Crippen molar-refractivity contribution in [1.82, 2.24) is 14.9 Å². The van der Waals surface area contributed by atoms with Gasteiger partial charge in [-0.15, -0.1) is 0 Å². The normalized spacial score (nSPS) is 24.0. The molecule has 1 heterocycles. The maximum atomic E-state index is 11.7. The molecule has 6 heteroatoms. The molecule has 2 N–H and O–H groups in total. The van der Waals surface area contributed by atoms with E-state index < -0.39 is 10.0 Å². The van der Waals surface area contributed by atoms with Crippen molar-refractivity contribution in [3.63, 3.8) is 0 Å². The Labute approximate surface area is 89.3 Å². The SMILES string of the molecule is CC1(C)CC1CNS(=O)(=O)c1ccn[nH]1. The zero-order chi connectivity index (χ0) is 11.1. The minimum absolute atomic E-state index is 0.126. The van der Waals surface area contributed by atoms with Crippen LogP contribution in [0.3, 0.4) is 0 Å². The van der Waals surface area contributed by atoms with Crippen molar-refractivity contribution in [3.05, 3.63) is 12.3 Å². The fourth-order valence-electron chi connectivity index (χ4n) is 1.61. The van der Waals surface area contributed by atoms with E-state index >= 15 is 0 Å². The summed E-state index contributed by atoms with van der Waals surface area (Å²) in [5.74, 6) is 0.454. The highest BCUT2D eigenvalue weighted by Crippen LogP contribution is 2.51. The molecule has 0 spiro atoms. The van der Waals surface area contributed by atoms with Crippen molar-refractivity contribution in [2.24, 2.45) is 11.3 Å². The number of nitrogens with one attached hydrogen (secondary N) is 2. The molecule has 0 saturated heterocycles. The summed E-state index contributed by atoms with van der Waals surface area (Å²) in [4.78, 5) is 0. The first-order valence-corrected chi connectivity index (χ1v) is 6.39. The van der Waals surface area contributed by atoms with Crippen molar-refractivity contribution < 1.29 is 8.42 Å². The molecular weight excluding hydrogens is 214 g/mol. The lowest BCUT2D eigenvalue weighted by Crippen LogP contribution is -2.27. The molecule has 1 aromatic rings. The van der Waals surface area contributed by atoms with Crippen LogP contribution in [0, 0.1) is 11.3 Å². The maximum Gasteiger partial charge on any atom is 0.257 e. The lowest BCUT2D eigenvalue weighted by molar-refractivity contribution is 0.536. The molecule has 0 radical (unpaired) electrons. The van der Waals surface area contributed by atoms with Crippen molar-refractivity contribution in [3.8, 4) is 0 Å². The molecule has 5 nitrogen and oxygen atoms in total. The summed E-state index contributed by atoms with van der Waals surface area (Å²) in [5.41, 5.74) is 0.288. The molecule has 1 saturated carbocycles. The van der Waals surface area contributed by atoms with Gasteiger partial charge in [0, 0.05) is 6.54 Å². The molecule has 2 rings (SSSR count). The first-order chi connectivity index (χ1) is 6.92. The summed E-state index contributed by atoms with van der Waals surface area (Å²) < 4.78 is 25.9. The molecule has 15 heavy (non-hydrogen) atoms. The lowest BCUT2D eigenvalue weighted by Gasteiger charge is -2.05. The smallest absolute Gasteiger partial charge is 0.257 e. The zero-order valence-electron chi connectivity index (χ0n) is 8.82. The number of aromatic amines is 1. The summed E-state index contributed by atoms with van der Waals surface area (Å²) in [7, 11) is -3.39. The largest absolute Gasteiger partial charge is 0.266 e. The Kier molecular flexibility index (Phi) is 2.35. The molecule has 0 aromatic carbocycles. The van der Waals surface area contributed by atoms with E-state index in [9.17, 15) is 8.42 Å². The first kappa shape index (κ1) is 10.6. The summed E-state index contributed by atoms with van der Waals surface area (Å²) in [6.07, 6.45) is 2.51. The molecule has 0 bridgehead atoms. The fraction of sp³-hybridized carbons (Fsp3) is 0.667. The quantitative estimate of drug-likeness (QED) is 0.799. The molecule has 0 amide bonds. The lowest BCUT2D eigenvalue weighted by atomic mass is 10.1. The molecule has 1 atom stereocenters. The predicted octanol–water partition coefficient (Wildman–Crippen LogP) is 0.734. The number of hydrogen-bond donors (Lipinski definition) is 2. The molecule has 1 aliphatic carbocycles. The van der Waals surface area contributed by atoms with Crippen LogP contribution in [-0.2, 0) is 10.0 Å². The van der Waals surface area contributed by atoms with E-state index in [1.807, 2.05) is 0 Å². The van der Waals surface area contributed by atoms with Crippen LogP contribution >= 0.6 is 0 Å². The number of nitrogens with zero attached hydrogens (tertiary/aromatic N) is 1. The summed E-state index contributed by atoms with van der Waals surface area (Å²) >= 11 is 0. The van der Waals surface area contributed by atoms with Crippen LogP contribution in [0.2, 0.25) is 0 Å². The van der Waals surface area contributed by atoms with E-state index in [-0.39, 0.29) is 10.4 Å². The molecular formula is C9H15N3O2S. The van der Waals surface area contributed by atoms with E-state index in [1.54, 1.807) is 0 Å². The first-order valence-electron chi connectivity index (χ1n) is 4.91. The van der Waals surface area contributed by atoms with Crippen molar-refractivity contribution in [2.45, 2.75) is 25.3 Å². The summed E-state index contributed by atoms with van der Waals surface area (Å²) in [5, 5.41) is 6.18. The number of hydrogen-bond acceptors (Lipinski definition) is 3. The van der Waals surface area contributed by atoms with Crippen LogP contribution in [0.25, 0.3) is 0 Å². The van der Waals surface area contributed by atoms with Gasteiger partial charge in [0.25, 0.3) is 10.0 Å². The van der Waals surface area contributed by atoms with E-state index in [2.05, 4.69) is 28.8 Å². The Morgan fingerprint density at radius 3 is 2.80 bits per heavy atom. The van der Waals surface area contributed by atoms with E-state index in [1.165, 1.54) is 12.3 Å². The zero-order valence-corrected chi connectivity index (χ0v) is 9.63. The summed E-state index contributed by atoms with van der Waals surface area (Å²) in [6.45, 7) is 4.79. The molecule has 1 unspecified atom stereocenters. The van der Waals surface area contributed by atoms with Gasteiger partial charge in [0.1, 0.15) is 0 Å². The number of sulfonamides is 1. The Morgan fingerprint density at radius 2 is 2.33 bits per heavy atom. The number of aromatic nitrogens is 2. The second-order valence-electron chi connectivity index (χ2n) is 4.66. The van der Waals surface area contributed by atoms with Gasteiger partial charge < -0.3 is 0 Å². The number of rotatable bonds is 4. The van der Waals surface area contributed by atoms with Crippen molar-refractivity contribution >= 4 is 10.0 Å². The van der Waals surface area contributed by atoms with Gasteiger partial charge in [-0.05, 0) is 23.8 Å². The van der Waals surface area contributed by atoms with Gasteiger partial charge in [-0.3, -0.25) is 5.10 Å². The molecule has 1 aliphatic rings. The van der Waals surface area contributed by atoms with Gasteiger partial charge in [0.05, 0.1) is 6.20 Å². The average Bonchev–Trinajstić information content (AvgIpc) is 2.62. The van der Waals surface area contributed by atoms with Crippen molar-refractivity contribution in [1.29, 1.82) is 0 Å². The monoisotopic (exact) mass is 229 g/mol. The third-order valence-electron chi connectivity index (χ3n) is 3.00. The molecule has 1 fully saturated rings. The third kappa shape index (κ3) is 2.21. The van der Waals surface area contributed by atoms with Gasteiger partial charge in [-0.2, -0.15) is 5.10 Å². The highest BCUT2D eigenvalue weighted by atomic mass is 32.2. The third-order valence-corrected chi connectivity index (χ3v) is 4.36. The van der Waals surface area contributed by atoms with Gasteiger partial charge >= 0.3 is 0 Å².